The molecule has 29 heavy (non-hydrogen) atoms. The first-order valence-electron chi connectivity index (χ1n) is 9.14. The van der Waals surface area contributed by atoms with Crippen LogP contribution in [-0.4, -0.2) is 24.5 Å². The van der Waals surface area contributed by atoms with Crippen LogP contribution in [0.3, 0.4) is 0 Å². The van der Waals surface area contributed by atoms with Gasteiger partial charge in [-0.3, -0.25) is 0 Å². The number of hydrogen-bond acceptors (Lipinski definition) is 4. The Morgan fingerprint density at radius 2 is 1.79 bits per heavy atom. The fraction of sp³-hybridized carbons (Fsp3) is 0.182. The number of aliphatic imine (C=N–C) groups is 2. The Labute approximate surface area is 173 Å². The number of aliphatic hydroxyl groups excluding tert-OH is 1. The third-order valence-corrected chi connectivity index (χ3v) is 3.44. The van der Waals surface area contributed by atoms with Crippen LogP contribution in [0.15, 0.2) is 94.3 Å². The minimum absolute atomic E-state index is 0.0477. The second-order valence-electron chi connectivity index (χ2n) is 5.48. The SMILES string of the molecule is CCc1ccc(N=CN)cc1.CN.NC(N)=NC1=CC=C(/C=C/C=C\O)CC=C1. The zero-order valence-electron chi connectivity index (χ0n) is 17.1. The van der Waals surface area contributed by atoms with E-state index in [1.165, 1.54) is 18.9 Å². The van der Waals surface area contributed by atoms with Gasteiger partial charge in [0.2, 0.25) is 0 Å². The number of benzene rings is 1. The number of allylic oxidation sites excluding steroid dienone is 8. The van der Waals surface area contributed by atoms with Crippen LogP contribution in [0.5, 0.6) is 0 Å². The number of nitrogens with zero attached hydrogens (tertiary/aromatic N) is 2. The standard InChI is InChI=1S/C12H15N3O.C9H12N2.CH5N/c13-12(14)15-11-6-3-5-10(7-8-11)4-1-2-9-16;1-2-8-3-5-9(6-4-8)11-7-10;1-2/h1-4,6-9,16H,5H2,(H4,13,14,15);3-7H,2H2,1H3,(H2,10,11);2H2,1H3/b4-1+,9-2-;;. The maximum Gasteiger partial charge on any atom is 0.191 e. The molecule has 0 radical (unpaired) electrons. The molecule has 0 aromatic heterocycles. The Morgan fingerprint density at radius 3 is 2.34 bits per heavy atom. The number of hydrogen-bond donors (Lipinski definition) is 5. The molecule has 1 aliphatic rings. The molecule has 0 saturated carbocycles. The van der Waals surface area contributed by atoms with Gasteiger partial charge in [0.1, 0.15) is 0 Å². The molecule has 0 saturated heterocycles. The van der Waals surface area contributed by atoms with E-state index < -0.39 is 0 Å². The molecule has 156 valence electrons. The molecule has 7 heteroatoms. The lowest BCUT2D eigenvalue weighted by atomic mass is 10.1. The van der Waals surface area contributed by atoms with E-state index in [1.54, 1.807) is 12.2 Å². The monoisotopic (exact) mass is 396 g/mol. The second-order valence-corrected chi connectivity index (χ2v) is 5.48. The summed E-state index contributed by atoms with van der Waals surface area (Å²) in [6, 6.07) is 8.04. The van der Waals surface area contributed by atoms with E-state index in [9.17, 15) is 0 Å². The summed E-state index contributed by atoms with van der Waals surface area (Å²) >= 11 is 0. The van der Waals surface area contributed by atoms with E-state index in [1.807, 2.05) is 42.5 Å². The third-order valence-electron chi connectivity index (χ3n) is 3.44. The van der Waals surface area contributed by atoms with Crippen molar-refractivity contribution in [2.75, 3.05) is 7.05 Å². The quantitative estimate of drug-likeness (QED) is 0.224. The fourth-order valence-electron chi connectivity index (χ4n) is 2.11. The molecule has 0 aliphatic heterocycles. The van der Waals surface area contributed by atoms with E-state index in [2.05, 4.69) is 34.8 Å². The lowest BCUT2D eigenvalue weighted by Gasteiger charge is -1.95. The van der Waals surface area contributed by atoms with Crippen LogP contribution in [-0.2, 0) is 6.42 Å². The van der Waals surface area contributed by atoms with Crippen LogP contribution in [0.1, 0.15) is 18.9 Å². The molecule has 1 aromatic carbocycles. The highest BCUT2D eigenvalue weighted by molar-refractivity contribution is 5.77. The van der Waals surface area contributed by atoms with Crippen molar-refractivity contribution >= 4 is 18.0 Å². The van der Waals surface area contributed by atoms with Crippen molar-refractivity contribution in [3.05, 3.63) is 89.9 Å². The maximum absolute atomic E-state index is 8.47. The highest BCUT2D eigenvalue weighted by Crippen LogP contribution is 2.13. The van der Waals surface area contributed by atoms with Gasteiger partial charge in [0.25, 0.3) is 0 Å². The molecular weight excluding hydrogens is 364 g/mol. The summed E-state index contributed by atoms with van der Waals surface area (Å²) in [6.07, 6.45) is 17.0. The molecule has 0 amide bonds. The first kappa shape index (κ1) is 25.4. The normalized spacial score (nSPS) is 13.1. The van der Waals surface area contributed by atoms with E-state index in [-0.39, 0.29) is 5.96 Å². The Kier molecular flexibility index (Phi) is 14.5. The van der Waals surface area contributed by atoms with Crippen LogP contribution in [0.4, 0.5) is 5.69 Å². The highest BCUT2D eigenvalue weighted by Gasteiger charge is 1.95. The van der Waals surface area contributed by atoms with Gasteiger partial charge in [-0.15, -0.1) is 0 Å². The smallest absolute Gasteiger partial charge is 0.191 e. The Morgan fingerprint density at radius 1 is 1.10 bits per heavy atom. The third kappa shape index (κ3) is 12.4. The largest absolute Gasteiger partial charge is 0.516 e. The molecular formula is C22H32N6O. The molecule has 0 fully saturated rings. The number of guanidine groups is 1. The first-order valence-corrected chi connectivity index (χ1v) is 9.14. The highest BCUT2D eigenvalue weighted by atomic mass is 16.2. The van der Waals surface area contributed by atoms with Crippen molar-refractivity contribution in [3.63, 3.8) is 0 Å². The van der Waals surface area contributed by atoms with Crippen LogP contribution in [0.25, 0.3) is 0 Å². The van der Waals surface area contributed by atoms with Gasteiger partial charge in [-0.05, 0) is 61.4 Å². The van der Waals surface area contributed by atoms with Gasteiger partial charge in [-0.25, -0.2) is 9.98 Å². The molecule has 7 nitrogen and oxygen atoms in total. The van der Waals surface area contributed by atoms with E-state index in [0.717, 1.165) is 36.1 Å². The number of aliphatic hydroxyl groups is 1. The number of rotatable bonds is 5. The van der Waals surface area contributed by atoms with Crippen molar-refractivity contribution < 1.29 is 5.11 Å². The lowest BCUT2D eigenvalue weighted by molar-refractivity contribution is 0.474. The zero-order chi connectivity index (χ0) is 21.9. The zero-order valence-corrected chi connectivity index (χ0v) is 17.1. The van der Waals surface area contributed by atoms with Gasteiger partial charge < -0.3 is 28.0 Å². The summed E-state index contributed by atoms with van der Waals surface area (Å²) in [5, 5.41) is 8.47. The molecule has 0 unspecified atom stereocenters. The van der Waals surface area contributed by atoms with Gasteiger partial charge in [0.15, 0.2) is 5.96 Å². The van der Waals surface area contributed by atoms with Crippen molar-refractivity contribution in [3.8, 4) is 0 Å². The van der Waals surface area contributed by atoms with E-state index in [0.29, 0.717) is 0 Å². The van der Waals surface area contributed by atoms with Crippen LogP contribution < -0.4 is 22.9 Å². The molecule has 1 aliphatic carbocycles. The average molecular weight is 397 g/mol. The average Bonchev–Trinajstić information content (AvgIpc) is 2.96. The van der Waals surface area contributed by atoms with E-state index in [4.69, 9.17) is 22.3 Å². The van der Waals surface area contributed by atoms with Crippen molar-refractivity contribution in [1.82, 2.24) is 0 Å². The Balaban J connectivity index is 0.000000526. The predicted octanol–water partition coefficient (Wildman–Crippen LogP) is 3.10. The minimum Gasteiger partial charge on any atom is -0.516 e. The second kappa shape index (κ2) is 16.6. The van der Waals surface area contributed by atoms with E-state index >= 15 is 0 Å². The summed E-state index contributed by atoms with van der Waals surface area (Å²) in [5.41, 5.74) is 24.3. The topological polar surface area (TPSA) is 149 Å². The molecule has 2 rings (SSSR count). The number of aryl methyl sites for hydroxylation is 1. The van der Waals surface area contributed by atoms with Crippen LogP contribution in [0, 0.1) is 0 Å². The van der Waals surface area contributed by atoms with Gasteiger partial charge in [-0.2, -0.15) is 0 Å². The predicted molar refractivity (Wildman–Crippen MR) is 125 cm³/mol. The molecule has 0 heterocycles. The van der Waals surface area contributed by atoms with Crippen LogP contribution in [0.2, 0.25) is 0 Å². The van der Waals surface area contributed by atoms with Gasteiger partial charge in [0, 0.05) is 0 Å². The molecule has 0 spiro atoms. The fourth-order valence-corrected chi connectivity index (χ4v) is 2.11. The summed E-state index contributed by atoms with van der Waals surface area (Å²) < 4.78 is 0. The summed E-state index contributed by atoms with van der Waals surface area (Å²) in [5.74, 6) is 0.0477. The van der Waals surface area contributed by atoms with Gasteiger partial charge >= 0.3 is 0 Å². The van der Waals surface area contributed by atoms with Gasteiger partial charge in [0.05, 0.1) is 24.0 Å². The maximum atomic E-state index is 8.47. The first-order chi connectivity index (χ1) is 14.1. The summed E-state index contributed by atoms with van der Waals surface area (Å²) in [4.78, 5) is 7.89. The minimum atomic E-state index is 0.0477. The summed E-state index contributed by atoms with van der Waals surface area (Å²) in [7, 11) is 1.50. The molecule has 0 bridgehead atoms. The lowest BCUT2D eigenvalue weighted by Crippen LogP contribution is -2.22. The molecule has 1 aromatic rings. The Bertz CT molecular complexity index is 780. The van der Waals surface area contributed by atoms with Crippen LogP contribution >= 0.6 is 0 Å². The molecule has 9 N–H and O–H groups in total. The van der Waals surface area contributed by atoms with Crippen molar-refractivity contribution in [2.45, 2.75) is 19.8 Å². The summed E-state index contributed by atoms with van der Waals surface area (Å²) in [6.45, 7) is 2.13. The van der Waals surface area contributed by atoms with Crippen molar-refractivity contribution in [1.29, 1.82) is 0 Å². The Hall–Kier alpha value is -3.58. The number of nitrogens with two attached hydrogens (primary N) is 4. The molecule has 0 atom stereocenters. The van der Waals surface area contributed by atoms with Crippen molar-refractivity contribution in [2.24, 2.45) is 32.9 Å². The van der Waals surface area contributed by atoms with Gasteiger partial charge in [-0.1, -0.05) is 43.4 Å².